The standard InChI is InChI=1S/C25H29ClN2O4/c1-31-22-9-10-23(32-2)19(15-22)16-28(21-7-8-21)25(30)18-11-13-27(14-12-18)24(29)17-3-5-20(26)6-4-17/h3-6,9-10,15,18,21H,7-8,11-14,16H2,1-2H3. The molecule has 6 nitrogen and oxygen atoms in total. The summed E-state index contributed by atoms with van der Waals surface area (Å²) in [5, 5.41) is 0.610. The molecule has 1 aliphatic heterocycles. The van der Waals surface area contributed by atoms with E-state index in [1.165, 1.54) is 0 Å². The smallest absolute Gasteiger partial charge is 0.253 e. The van der Waals surface area contributed by atoms with E-state index in [0.717, 1.165) is 29.9 Å². The first-order chi connectivity index (χ1) is 15.5. The molecule has 2 aliphatic rings. The summed E-state index contributed by atoms with van der Waals surface area (Å²) < 4.78 is 10.9. The molecule has 0 atom stereocenters. The first kappa shape index (κ1) is 22.5. The van der Waals surface area contributed by atoms with Gasteiger partial charge in [-0.05, 0) is 68.1 Å². The highest BCUT2D eigenvalue weighted by atomic mass is 35.5. The number of hydrogen-bond acceptors (Lipinski definition) is 4. The molecule has 0 unspecified atom stereocenters. The van der Waals surface area contributed by atoms with Gasteiger partial charge in [-0.25, -0.2) is 0 Å². The van der Waals surface area contributed by atoms with Gasteiger partial charge in [0.25, 0.3) is 5.91 Å². The number of methoxy groups -OCH3 is 2. The van der Waals surface area contributed by atoms with E-state index in [9.17, 15) is 9.59 Å². The second kappa shape index (κ2) is 9.82. The van der Waals surface area contributed by atoms with Crippen LogP contribution in [-0.2, 0) is 11.3 Å². The van der Waals surface area contributed by atoms with Crippen molar-refractivity contribution in [1.82, 2.24) is 9.80 Å². The third-order valence-electron chi connectivity index (χ3n) is 6.32. The Morgan fingerprint density at radius 3 is 2.28 bits per heavy atom. The van der Waals surface area contributed by atoms with Crippen molar-refractivity contribution in [2.24, 2.45) is 5.92 Å². The number of carbonyl (C=O) groups is 2. The van der Waals surface area contributed by atoms with Gasteiger partial charge in [-0.15, -0.1) is 0 Å². The molecule has 0 N–H and O–H groups in total. The van der Waals surface area contributed by atoms with Crippen LogP contribution in [0, 0.1) is 5.92 Å². The highest BCUT2D eigenvalue weighted by molar-refractivity contribution is 6.30. The maximum Gasteiger partial charge on any atom is 0.253 e. The van der Waals surface area contributed by atoms with Crippen molar-refractivity contribution in [3.05, 3.63) is 58.6 Å². The number of ether oxygens (including phenoxy) is 2. The van der Waals surface area contributed by atoms with Crippen LogP contribution in [0.5, 0.6) is 11.5 Å². The Kier molecular flexibility index (Phi) is 6.89. The third-order valence-corrected chi connectivity index (χ3v) is 6.57. The Balaban J connectivity index is 1.41. The van der Waals surface area contributed by atoms with Gasteiger partial charge in [-0.3, -0.25) is 9.59 Å². The summed E-state index contributed by atoms with van der Waals surface area (Å²) in [6.07, 6.45) is 3.42. The van der Waals surface area contributed by atoms with E-state index in [-0.39, 0.29) is 23.8 Å². The fourth-order valence-corrected chi connectivity index (χ4v) is 4.43. The lowest BCUT2D eigenvalue weighted by atomic mass is 9.94. The van der Waals surface area contributed by atoms with Crippen LogP contribution < -0.4 is 9.47 Å². The summed E-state index contributed by atoms with van der Waals surface area (Å²) in [6, 6.07) is 12.9. The number of likely N-dealkylation sites (tertiary alicyclic amines) is 1. The van der Waals surface area contributed by atoms with E-state index in [2.05, 4.69) is 0 Å². The normalized spacial score (nSPS) is 16.5. The van der Waals surface area contributed by atoms with Gasteiger partial charge in [-0.2, -0.15) is 0 Å². The Hall–Kier alpha value is -2.73. The molecular weight excluding hydrogens is 428 g/mol. The maximum atomic E-state index is 13.5. The van der Waals surface area contributed by atoms with E-state index >= 15 is 0 Å². The molecule has 2 aromatic carbocycles. The van der Waals surface area contributed by atoms with E-state index in [1.54, 1.807) is 38.5 Å². The van der Waals surface area contributed by atoms with Gasteiger partial charge >= 0.3 is 0 Å². The van der Waals surface area contributed by atoms with E-state index in [4.69, 9.17) is 21.1 Å². The Morgan fingerprint density at radius 1 is 1.00 bits per heavy atom. The average Bonchev–Trinajstić information content (AvgIpc) is 3.67. The number of hydrogen-bond donors (Lipinski definition) is 0. The third kappa shape index (κ3) is 5.01. The lowest BCUT2D eigenvalue weighted by Crippen LogP contribution is -2.45. The zero-order valence-electron chi connectivity index (χ0n) is 18.6. The molecule has 1 aliphatic carbocycles. The molecule has 2 aromatic rings. The van der Waals surface area contributed by atoms with Crippen LogP contribution in [0.15, 0.2) is 42.5 Å². The maximum absolute atomic E-state index is 13.5. The number of nitrogens with zero attached hydrogens (tertiary/aromatic N) is 2. The van der Waals surface area contributed by atoms with Gasteiger partial charge in [0.15, 0.2) is 0 Å². The van der Waals surface area contributed by atoms with E-state index < -0.39 is 0 Å². The van der Waals surface area contributed by atoms with Crippen LogP contribution in [0.2, 0.25) is 5.02 Å². The fourth-order valence-electron chi connectivity index (χ4n) is 4.30. The zero-order chi connectivity index (χ0) is 22.7. The van der Waals surface area contributed by atoms with Gasteiger partial charge in [0.1, 0.15) is 11.5 Å². The molecule has 1 saturated heterocycles. The highest BCUT2D eigenvalue weighted by Crippen LogP contribution is 2.34. The molecule has 1 saturated carbocycles. The molecular formula is C25H29ClN2O4. The number of piperidine rings is 1. The van der Waals surface area contributed by atoms with Gasteiger partial charge in [0, 0.05) is 47.7 Å². The van der Waals surface area contributed by atoms with Crippen LogP contribution in [0.3, 0.4) is 0 Å². The largest absolute Gasteiger partial charge is 0.497 e. The molecule has 170 valence electrons. The minimum Gasteiger partial charge on any atom is -0.497 e. The molecule has 2 fully saturated rings. The number of halogens is 1. The second-order valence-corrected chi connectivity index (χ2v) is 8.88. The van der Waals surface area contributed by atoms with E-state index in [0.29, 0.717) is 43.1 Å². The summed E-state index contributed by atoms with van der Waals surface area (Å²) in [5.74, 6) is 1.61. The molecule has 32 heavy (non-hydrogen) atoms. The van der Waals surface area contributed by atoms with Crippen molar-refractivity contribution >= 4 is 23.4 Å². The van der Waals surface area contributed by atoms with Gasteiger partial charge in [0.2, 0.25) is 5.91 Å². The topological polar surface area (TPSA) is 59.1 Å². The Bertz CT molecular complexity index is 966. The number of amides is 2. The van der Waals surface area contributed by atoms with Crippen molar-refractivity contribution in [2.45, 2.75) is 38.3 Å². The van der Waals surface area contributed by atoms with Gasteiger partial charge < -0.3 is 19.3 Å². The molecule has 7 heteroatoms. The van der Waals surface area contributed by atoms with Crippen molar-refractivity contribution in [3.8, 4) is 11.5 Å². The van der Waals surface area contributed by atoms with E-state index in [1.807, 2.05) is 28.0 Å². The SMILES string of the molecule is COc1ccc(OC)c(CN(C(=O)C2CCN(C(=O)c3ccc(Cl)cc3)CC2)C2CC2)c1. The first-order valence-electron chi connectivity index (χ1n) is 11.1. The molecule has 0 spiro atoms. The van der Waals surface area contributed by atoms with Crippen LogP contribution >= 0.6 is 11.6 Å². The fraction of sp³-hybridized carbons (Fsp3) is 0.440. The molecule has 0 aromatic heterocycles. The molecule has 0 bridgehead atoms. The number of benzene rings is 2. The predicted molar refractivity (Wildman–Crippen MR) is 123 cm³/mol. The molecule has 2 amide bonds. The molecule has 0 radical (unpaired) electrons. The highest BCUT2D eigenvalue weighted by Gasteiger charge is 2.38. The lowest BCUT2D eigenvalue weighted by Gasteiger charge is -2.34. The summed E-state index contributed by atoms with van der Waals surface area (Å²) >= 11 is 5.93. The number of rotatable bonds is 7. The Labute approximate surface area is 194 Å². The minimum atomic E-state index is -0.0681. The molecule has 4 rings (SSSR count). The van der Waals surface area contributed by atoms with Crippen LogP contribution in [0.1, 0.15) is 41.6 Å². The van der Waals surface area contributed by atoms with Crippen molar-refractivity contribution in [2.75, 3.05) is 27.3 Å². The van der Waals surface area contributed by atoms with Gasteiger partial charge in [-0.1, -0.05) is 11.6 Å². The summed E-state index contributed by atoms with van der Waals surface area (Å²) in [7, 11) is 3.27. The zero-order valence-corrected chi connectivity index (χ0v) is 19.3. The monoisotopic (exact) mass is 456 g/mol. The average molecular weight is 457 g/mol. The van der Waals surface area contributed by atoms with Crippen LogP contribution in [0.25, 0.3) is 0 Å². The lowest BCUT2D eigenvalue weighted by molar-refractivity contribution is -0.138. The number of carbonyl (C=O) groups excluding carboxylic acids is 2. The minimum absolute atomic E-state index is 0.00673. The van der Waals surface area contributed by atoms with Crippen molar-refractivity contribution in [1.29, 1.82) is 0 Å². The van der Waals surface area contributed by atoms with Crippen molar-refractivity contribution < 1.29 is 19.1 Å². The summed E-state index contributed by atoms with van der Waals surface area (Å²) in [6.45, 7) is 1.67. The summed E-state index contributed by atoms with van der Waals surface area (Å²) in [5.41, 5.74) is 1.58. The second-order valence-electron chi connectivity index (χ2n) is 8.45. The van der Waals surface area contributed by atoms with Crippen LogP contribution in [-0.4, -0.2) is 55.0 Å². The first-order valence-corrected chi connectivity index (χ1v) is 11.4. The predicted octanol–water partition coefficient (Wildman–Crippen LogP) is 4.40. The Morgan fingerprint density at radius 2 is 1.69 bits per heavy atom. The summed E-state index contributed by atoms with van der Waals surface area (Å²) in [4.78, 5) is 30.1. The van der Waals surface area contributed by atoms with Gasteiger partial charge in [0.05, 0.1) is 14.2 Å². The quantitative estimate of drug-likeness (QED) is 0.619. The molecule has 1 heterocycles. The van der Waals surface area contributed by atoms with Crippen LogP contribution in [0.4, 0.5) is 0 Å². The van der Waals surface area contributed by atoms with Crippen molar-refractivity contribution in [3.63, 3.8) is 0 Å².